The van der Waals surface area contributed by atoms with Crippen LogP contribution in [0.25, 0.3) is 0 Å². The van der Waals surface area contributed by atoms with Crippen LogP contribution >= 0.6 is 0 Å². The van der Waals surface area contributed by atoms with Crippen molar-refractivity contribution in [2.75, 3.05) is 6.61 Å². The summed E-state index contributed by atoms with van der Waals surface area (Å²) in [5, 5.41) is 0.349. The first-order valence-corrected chi connectivity index (χ1v) is 12.0. The van der Waals surface area contributed by atoms with Crippen molar-refractivity contribution >= 4 is 21.8 Å². The number of sulfonamides is 1. The van der Waals surface area contributed by atoms with Crippen molar-refractivity contribution in [1.82, 2.24) is 25.3 Å². The maximum Gasteiger partial charge on any atom is 0.325 e. The molecule has 0 bridgehead atoms. The van der Waals surface area contributed by atoms with E-state index in [0.717, 1.165) is 12.8 Å². The second kappa shape index (κ2) is 11.3. The summed E-state index contributed by atoms with van der Waals surface area (Å²) in [4.78, 5) is 53.8. The van der Waals surface area contributed by atoms with Gasteiger partial charge in [-0.25, -0.2) is 18.6 Å². The van der Waals surface area contributed by atoms with Gasteiger partial charge >= 0.3 is 5.69 Å². The van der Waals surface area contributed by atoms with E-state index in [2.05, 4.69) is 5.43 Å². The number of unbranched alkanes of at least 4 members (excludes halogenated alkanes) is 1. The van der Waals surface area contributed by atoms with Crippen molar-refractivity contribution in [3.8, 4) is 5.75 Å². The lowest BCUT2D eigenvalue weighted by atomic mass is 10.2. The summed E-state index contributed by atoms with van der Waals surface area (Å²) in [6.45, 7) is 2.52. The smallest absolute Gasteiger partial charge is 0.325 e. The zero-order chi connectivity index (χ0) is 25.4. The minimum absolute atomic E-state index is 0.0132. The van der Waals surface area contributed by atoms with Gasteiger partial charge in [-0.15, -0.1) is 0 Å². The van der Waals surface area contributed by atoms with E-state index >= 15 is 0 Å². The van der Waals surface area contributed by atoms with E-state index in [1.807, 2.05) is 16.7 Å². The van der Waals surface area contributed by atoms with Crippen LogP contribution in [0, 0.1) is 0 Å². The maximum atomic E-state index is 13.1. The number of rotatable bonds is 9. The normalized spacial score (nSPS) is 11.0. The second-order valence-corrected chi connectivity index (χ2v) is 8.83. The third-order valence-electron chi connectivity index (χ3n) is 4.61. The highest BCUT2D eigenvalue weighted by molar-refractivity contribution is 7.89. The summed E-state index contributed by atoms with van der Waals surface area (Å²) in [6, 6.07) is 13.6. The molecular formula is C22H23N5O7S. The van der Waals surface area contributed by atoms with Gasteiger partial charge in [-0.1, -0.05) is 36.4 Å². The number of amides is 2. The molecule has 2 aromatic carbocycles. The van der Waals surface area contributed by atoms with Crippen LogP contribution in [0.15, 0.2) is 75.3 Å². The minimum Gasteiger partial charge on any atom is -0.494 e. The molecule has 3 aromatic rings. The van der Waals surface area contributed by atoms with Crippen molar-refractivity contribution in [1.29, 1.82) is 0 Å². The van der Waals surface area contributed by atoms with Crippen LogP contribution in [-0.2, 0) is 10.0 Å². The fourth-order valence-electron chi connectivity index (χ4n) is 2.79. The Balaban J connectivity index is 1.90. The SMILES string of the molecule is CCCCOc1ccc(C(=O)N(NC(=O)c2ccccc2)NS(=O)(=O)c2c[nH]c(=O)[nH]c2=O)cc1. The number of aromatic amines is 2. The molecule has 35 heavy (non-hydrogen) atoms. The molecule has 1 aromatic heterocycles. The molecule has 12 nitrogen and oxygen atoms in total. The van der Waals surface area contributed by atoms with Crippen molar-refractivity contribution in [2.45, 2.75) is 24.7 Å². The molecule has 0 aliphatic carbocycles. The van der Waals surface area contributed by atoms with Gasteiger partial charge in [0.1, 0.15) is 5.75 Å². The van der Waals surface area contributed by atoms with E-state index in [-0.39, 0.29) is 11.1 Å². The Labute approximate surface area is 199 Å². The molecule has 0 aliphatic heterocycles. The molecule has 3 rings (SSSR count). The van der Waals surface area contributed by atoms with E-state index in [1.54, 1.807) is 23.2 Å². The zero-order valence-electron chi connectivity index (χ0n) is 18.6. The Bertz CT molecular complexity index is 1400. The highest BCUT2D eigenvalue weighted by Gasteiger charge is 2.28. The van der Waals surface area contributed by atoms with Gasteiger partial charge < -0.3 is 9.72 Å². The quantitative estimate of drug-likeness (QED) is 0.249. The Hall–Kier alpha value is -4.23. The van der Waals surface area contributed by atoms with Crippen LogP contribution in [0.4, 0.5) is 0 Å². The van der Waals surface area contributed by atoms with Crippen molar-refractivity contribution in [3.05, 3.63) is 92.8 Å². The van der Waals surface area contributed by atoms with Crippen LogP contribution in [0.5, 0.6) is 5.75 Å². The number of hydrogen-bond acceptors (Lipinski definition) is 7. The number of hydrazine groups is 2. The Kier molecular flexibility index (Phi) is 8.17. The summed E-state index contributed by atoms with van der Waals surface area (Å²) in [5.41, 5.74) is 0.214. The zero-order valence-corrected chi connectivity index (χ0v) is 19.4. The summed E-state index contributed by atoms with van der Waals surface area (Å²) in [5.74, 6) is -1.23. The van der Waals surface area contributed by atoms with E-state index in [0.29, 0.717) is 23.7 Å². The van der Waals surface area contributed by atoms with Crippen molar-refractivity contribution in [3.63, 3.8) is 0 Å². The van der Waals surface area contributed by atoms with Gasteiger partial charge in [0.05, 0.1) is 6.61 Å². The van der Waals surface area contributed by atoms with Crippen LogP contribution < -0.4 is 26.2 Å². The van der Waals surface area contributed by atoms with E-state index in [9.17, 15) is 27.6 Å². The average Bonchev–Trinajstić information content (AvgIpc) is 2.84. The molecule has 0 saturated heterocycles. The monoisotopic (exact) mass is 501 g/mol. The third kappa shape index (κ3) is 6.65. The van der Waals surface area contributed by atoms with Crippen LogP contribution in [0.2, 0.25) is 0 Å². The number of aromatic nitrogens is 2. The van der Waals surface area contributed by atoms with Gasteiger partial charge in [0.2, 0.25) is 0 Å². The molecule has 2 amide bonds. The van der Waals surface area contributed by atoms with Crippen LogP contribution in [0.3, 0.4) is 0 Å². The summed E-state index contributed by atoms with van der Waals surface area (Å²) in [7, 11) is -4.71. The third-order valence-corrected chi connectivity index (χ3v) is 5.91. The highest BCUT2D eigenvalue weighted by atomic mass is 32.2. The number of carbonyl (C=O) groups is 2. The Morgan fingerprint density at radius 2 is 1.69 bits per heavy atom. The molecule has 0 unspecified atom stereocenters. The number of ether oxygens (including phenoxy) is 1. The molecule has 0 spiro atoms. The number of hydrogen-bond donors (Lipinski definition) is 4. The van der Waals surface area contributed by atoms with E-state index < -0.39 is 38.0 Å². The Morgan fingerprint density at radius 1 is 1.00 bits per heavy atom. The average molecular weight is 502 g/mol. The fourth-order valence-corrected chi connectivity index (χ4v) is 3.77. The van der Waals surface area contributed by atoms with Gasteiger partial charge in [0, 0.05) is 17.3 Å². The molecular weight excluding hydrogens is 478 g/mol. The van der Waals surface area contributed by atoms with Crippen LogP contribution in [-0.4, -0.2) is 41.9 Å². The van der Waals surface area contributed by atoms with Gasteiger partial charge in [-0.2, -0.15) is 5.12 Å². The Morgan fingerprint density at radius 3 is 2.31 bits per heavy atom. The predicted octanol–water partition coefficient (Wildman–Crippen LogP) is 0.923. The summed E-state index contributed by atoms with van der Waals surface area (Å²) >= 11 is 0. The summed E-state index contributed by atoms with van der Waals surface area (Å²) < 4.78 is 31.2. The lowest BCUT2D eigenvalue weighted by Gasteiger charge is -2.23. The number of benzene rings is 2. The second-order valence-electron chi connectivity index (χ2n) is 7.20. The first-order chi connectivity index (χ1) is 16.7. The van der Waals surface area contributed by atoms with Gasteiger partial charge in [-0.05, 0) is 42.8 Å². The lowest BCUT2D eigenvalue weighted by molar-refractivity contribution is 0.0533. The van der Waals surface area contributed by atoms with Crippen molar-refractivity contribution < 1.29 is 22.7 Å². The largest absolute Gasteiger partial charge is 0.494 e. The van der Waals surface area contributed by atoms with Crippen molar-refractivity contribution in [2.24, 2.45) is 0 Å². The maximum absolute atomic E-state index is 13.1. The fraction of sp³-hybridized carbons (Fsp3) is 0.182. The lowest BCUT2D eigenvalue weighted by Crippen LogP contribution is -2.56. The minimum atomic E-state index is -4.71. The molecule has 0 radical (unpaired) electrons. The highest BCUT2D eigenvalue weighted by Crippen LogP contribution is 2.14. The van der Waals surface area contributed by atoms with Gasteiger partial charge in [-0.3, -0.25) is 19.4 Å². The number of carbonyl (C=O) groups excluding carboxylic acids is 2. The molecule has 0 aliphatic rings. The molecule has 0 fully saturated rings. The number of nitrogens with zero attached hydrogens (tertiary/aromatic N) is 1. The van der Waals surface area contributed by atoms with E-state index in [4.69, 9.17) is 4.74 Å². The van der Waals surface area contributed by atoms with Crippen LogP contribution in [0.1, 0.15) is 40.5 Å². The molecule has 13 heteroatoms. The number of nitrogens with one attached hydrogen (secondary N) is 4. The molecule has 0 atom stereocenters. The standard InChI is InChI=1S/C22H23N5O7S/c1-2-3-13-34-17-11-9-16(10-12-17)21(30)27(25-19(28)15-7-5-4-6-8-15)26-35(32,33)18-14-23-22(31)24-20(18)29/h4-12,14,26H,2-3,13H2,1H3,(H,25,28)(H2,23,24,29,31). The molecule has 4 N–H and O–H groups in total. The topological polar surface area (TPSA) is 171 Å². The van der Waals surface area contributed by atoms with Gasteiger partial charge in [0.25, 0.3) is 27.4 Å². The van der Waals surface area contributed by atoms with E-state index in [1.165, 1.54) is 36.4 Å². The number of H-pyrrole nitrogens is 2. The molecule has 0 saturated carbocycles. The van der Waals surface area contributed by atoms with Gasteiger partial charge in [0.15, 0.2) is 4.90 Å². The first-order valence-electron chi connectivity index (χ1n) is 10.5. The first kappa shape index (κ1) is 25.4. The predicted molar refractivity (Wildman–Crippen MR) is 125 cm³/mol. The molecule has 1 heterocycles. The molecule has 184 valence electrons. The summed E-state index contributed by atoms with van der Waals surface area (Å²) in [6.07, 6.45) is 2.48.